The van der Waals surface area contributed by atoms with Crippen LogP contribution in [0.15, 0.2) is 12.2 Å². The molecular weight excluding hydrogens is 292 g/mol. The SMILES string of the molecule is CC(C)(C)OC(=O)/C=C\[C@H]1OC(C)(C)O[C@@H]2[C@H]1OC(=O)[C@@H]2O. The molecule has 2 heterocycles. The van der Waals surface area contributed by atoms with Crippen LogP contribution < -0.4 is 0 Å². The summed E-state index contributed by atoms with van der Waals surface area (Å²) in [4.78, 5) is 23.2. The van der Waals surface area contributed by atoms with Crippen LogP contribution >= 0.6 is 0 Å². The molecule has 124 valence electrons. The lowest BCUT2D eigenvalue weighted by atomic mass is 10.0. The number of hydrogen-bond donors (Lipinski definition) is 1. The first-order valence-electron chi connectivity index (χ1n) is 7.14. The third-order valence-electron chi connectivity index (χ3n) is 3.12. The summed E-state index contributed by atoms with van der Waals surface area (Å²) < 4.78 is 21.4. The molecule has 7 heteroatoms. The molecule has 0 aromatic heterocycles. The molecule has 22 heavy (non-hydrogen) atoms. The van der Waals surface area contributed by atoms with E-state index in [0.717, 1.165) is 0 Å². The van der Waals surface area contributed by atoms with Crippen molar-refractivity contribution >= 4 is 11.9 Å². The van der Waals surface area contributed by atoms with Crippen LogP contribution in [0.5, 0.6) is 0 Å². The van der Waals surface area contributed by atoms with Gasteiger partial charge in [-0.3, -0.25) is 0 Å². The van der Waals surface area contributed by atoms with Gasteiger partial charge in [0.05, 0.1) is 0 Å². The minimum absolute atomic E-state index is 0.526. The van der Waals surface area contributed by atoms with Crippen LogP contribution in [0.4, 0.5) is 0 Å². The molecule has 2 aliphatic rings. The summed E-state index contributed by atoms with van der Waals surface area (Å²) in [6, 6.07) is 0. The maximum absolute atomic E-state index is 11.7. The zero-order chi connectivity index (χ0) is 16.7. The molecule has 0 saturated carbocycles. The van der Waals surface area contributed by atoms with Crippen molar-refractivity contribution in [1.82, 2.24) is 0 Å². The fourth-order valence-electron chi connectivity index (χ4n) is 2.38. The monoisotopic (exact) mass is 314 g/mol. The largest absolute Gasteiger partial charge is 0.457 e. The second-order valence-corrected chi connectivity index (χ2v) is 6.80. The van der Waals surface area contributed by atoms with Crippen molar-refractivity contribution in [3.8, 4) is 0 Å². The van der Waals surface area contributed by atoms with Crippen molar-refractivity contribution < 1.29 is 33.6 Å². The van der Waals surface area contributed by atoms with E-state index in [1.165, 1.54) is 12.2 Å². The maximum Gasteiger partial charge on any atom is 0.338 e. The van der Waals surface area contributed by atoms with Gasteiger partial charge in [-0.25, -0.2) is 9.59 Å². The Balaban J connectivity index is 2.11. The predicted molar refractivity (Wildman–Crippen MR) is 74.7 cm³/mol. The van der Waals surface area contributed by atoms with Gasteiger partial charge in [-0.1, -0.05) is 0 Å². The molecule has 2 saturated heterocycles. The second kappa shape index (κ2) is 5.64. The van der Waals surface area contributed by atoms with E-state index in [9.17, 15) is 14.7 Å². The van der Waals surface area contributed by atoms with E-state index in [1.807, 2.05) is 0 Å². The van der Waals surface area contributed by atoms with Crippen molar-refractivity contribution in [2.75, 3.05) is 0 Å². The van der Waals surface area contributed by atoms with Crippen LogP contribution in [0.2, 0.25) is 0 Å². The van der Waals surface area contributed by atoms with Crippen LogP contribution in [0.3, 0.4) is 0 Å². The van der Waals surface area contributed by atoms with Crippen LogP contribution in [0.1, 0.15) is 34.6 Å². The first-order valence-corrected chi connectivity index (χ1v) is 7.14. The third kappa shape index (κ3) is 3.85. The molecule has 1 N–H and O–H groups in total. The Labute approximate surface area is 129 Å². The molecule has 0 aromatic rings. The number of carbonyl (C=O) groups is 2. The highest BCUT2D eigenvalue weighted by Gasteiger charge is 2.54. The zero-order valence-corrected chi connectivity index (χ0v) is 13.4. The molecule has 0 radical (unpaired) electrons. The topological polar surface area (TPSA) is 91.3 Å². The van der Waals surface area contributed by atoms with E-state index >= 15 is 0 Å². The second-order valence-electron chi connectivity index (χ2n) is 6.80. The fourth-order valence-corrected chi connectivity index (χ4v) is 2.38. The lowest BCUT2D eigenvalue weighted by Gasteiger charge is -2.41. The fraction of sp³-hybridized carbons (Fsp3) is 0.733. The number of aliphatic hydroxyl groups is 1. The lowest BCUT2D eigenvalue weighted by Crippen LogP contribution is -2.54. The van der Waals surface area contributed by atoms with Crippen LogP contribution in [0, 0.1) is 0 Å². The Morgan fingerprint density at radius 2 is 1.91 bits per heavy atom. The number of hydrogen-bond acceptors (Lipinski definition) is 7. The molecule has 0 aliphatic carbocycles. The Morgan fingerprint density at radius 1 is 1.27 bits per heavy atom. The number of fused-ring (bicyclic) bond motifs is 1. The summed E-state index contributed by atoms with van der Waals surface area (Å²) in [6.45, 7) is 8.61. The first-order chi connectivity index (χ1) is 9.98. The van der Waals surface area contributed by atoms with Crippen molar-refractivity contribution in [3.05, 3.63) is 12.2 Å². The molecule has 0 spiro atoms. The van der Waals surface area contributed by atoms with E-state index in [4.69, 9.17) is 18.9 Å². The summed E-state index contributed by atoms with van der Waals surface area (Å²) in [6.07, 6.45) is -0.999. The van der Waals surface area contributed by atoms with Gasteiger partial charge >= 0.3 is 11.9 Å². The number of rotatable bonds is 2. The standard InChI is InChI=1S/C15H22O7/c1-14(2,3)21-9(16)7-6-8-11-12(10(17)13(18)19-11)22-15(4,5)20-8/h6-8,10-12,17H,1-5H3/b7-6-/t8-,10-,11+,12+/m1/s1. The minimum Gasteiger partial charge on any atom is -0.457 e. The van der Waals surface area contributed by atoms with E-state index in [2.05, 4.69) is 0 Å². The summed E-state index contributed by atoms with van der Waals surface area (Å²) in [5.74, 6) is -2.30. The zero-order valence-electron chi connectivity index (χ0n) is 13.4. The van der Waals surface area contributed by atoms with Gasteiger partial charge < -0.3 is 24.1 Å². The van der Waals surface area contributed by atoms with Gasteiger partial charge in [-0.05, 0) is 40.7 Å². The molecule has 0 unspecified atom stereocenters. The smallest absolute Gasteiger partial charge is 0.338 e. The van der Waals surface area contributed by atoms with E-state index < -0.39 is 47.7 Å². The van der Waals surface area contributed by atoms with Gasteiger partial charge in [0.15, 0.2) is 18.0 Å². The van der Waals surface area contributed by atoms with Gasteiger partial charge in [0, 0.05) is 6.08 Å². The molecular formula is C15H22O7. The predicted octanol–water partition coefficient (Wildman–Crippen LogP) is 0.691. The van der Waals surface area contributed by atoms with Crippen LogP contribution in [-0.4, -0.2) is 52.8 Å². The Hall–Kier alpha value is -1.44. The normalized spacial score (nSPS) is 34.4. The van der Waals surface area contributed by atoms with Crippen molar-refractivity contribution in [2.45, 2.75) is 70.4 Å². The van der Waals surface area contributed by atoms with Gasteiger partial charge in [-0.2, -0.15) is 0 Å². The quantitative estimate of drug-likeness (QED) is 0.592. The van der Waals surface area contributed by atoms with E-state index in [1.54, 1.807) is 34.6 Å². The van der Waals surface area contributed by atoms with Gasteiger partial charge in [-0.15, -0.1) is 0 Å². The highest BCUT2D eigenvalue weighted by molar-refractivity contribution is 5.82. The summed E-state index contributed by atoms with van der Waals surface area (Å²) in [7, 11) is 0. The maximum atomic E-state index is 11.7. The highest BCUT2D eigenvalue weighted by atomic mass is 16.7. The van der Waals surface area contributed by atoms with Crippen LogP contribution in [-0.2, 0) is 28.5 Å². The number of ether oxygens (including phenoxy) is 4. The Morgan fingerprint density at radius 3 is 2.50 bits per heavy atom. The minimum atomic E-state index is -1.36. The molecule has 4 atom stereocenters. The van der Waals surface area contributed by atoms with Gasteiger partial charge in [0.25, 0.3) is 0 Å². The van der Waals surface area contributed by atoms with E-state index in [0.29, 0.717) is 0 Å². The number of carbonyl (C=O) groups excluding carboxylic acids is 2. The van der Waals surface area contributed by atoms with Crippen molar-refractivity contribution in [1.29, 1.82) is 0 Å². The molecule has 0 aromatic carbocycles. The Kier molecular flexibility index (Phi) is 4.34. The summed E-state index contributed by atoms with van der Waals surface area (Å²) in [5.41, 5.74) is -0.601. The molecule has 0 amide bonds. The summed E-state index contributed by atoms with van der Waals surface area (Å²) >= 11 is 0. The molecule has 0 bridgehead atoms. The van der Waals surface area contributed by atoms with Gasteiger partial charge in [0.1, 0.15) is 17.8 Å². The van der Waals surface area contributed by atoms with Gasteiger partial charge in [0.2, 0.25) is 0 Å². The van der Waals surface area contributed by atoms with Crippen molar-refractivity contribution in [2.24, 2.45) is 0 Å². The average Bonchev–Trinajstić information content (AvgIpc) is 2.60. The first kappa shape index (κ1) is 16.9. The van der Waals surface area contributed by atoms with Crippen LogP contribution in [0.25, 0.3) is 0 Å². The van der Waals surface area contributed by atoms with E-state index in [-0.39, 0.29) is 0 Å². The highest BCUT2D eigenvalue weighted by Crippen LogP contribution is 2.35. The number of esters is 2. The third-order valence-corrected chi connectivity index (χ3v) is 3.12. The summed E-state index contributed by atoms with van der Waals surface area (Å²) in [5, 5.41) is 9.80. The molecule has 2 aliphatic heterocycles. The van der Waals surface area contributed by atoms with Crippen molar-refractivity contribution in [3.63, 3.8) is 0 Å². The lowest BCUT2D eigenvalue weighted by molar-refractivity contribution is -0.317. The molecule has 7 nitrogen and oxygen atoms in total. The molecule has 2 fully saturated rings. The Bertz CT molecular complexity index is 489. The molecule has 2 rings (SSSR count). The average molecular weight is 314 g/mol. The number of aliphatic hydroxyl groups excluding tert-OH is 1.